The van der Waals surface area contributed by atoms with Gasteiger partial charge in [-0.3, -0.25) is 4.79 Å². The van der Waals surface area contributed by atoms with E-state index in [0.717, 1.165) is 11.5 Å². The van der Waals surface area contributed by atoms with Crippen LogP contribution in [-0.2, 0) is 6.42 Å². The number of ether oxygens (including phenoxy) is 1. The van der Waals surface area contributed by atoms with Gasteiger partial charge < -0.3 is 19.3 Å². The molecule has 1 N–H and O–H groups in total. The lowest BCUT2D eigenvalue weighted by Gasteiger charge is -2.17. The maximum atomic E-state index is 12.7. The van der Waals surface area contributed by atoms with Crippen molar-refractivity contribution in [3.05, 3.63) is 46.3 Å². The van der Waals surface area contributed by atoms with Gasteiger partial charge in [-0.1, -0.05) is 16.8 Å². The van der Waals surface area contributed by atoms with E-state index >= 15 is 0 Å². The summed E-state index contributed by atoms with van der Waals surface area (Å²) in [7, 11) is 1.50. The molecule has 24 heavy (non-hydrogen) atoms. The SMILES string of the molecule is COc1cc(Cl)ccc1C(=O)N1C[C@@H](Cc2cc(C)no2)[C@@H](O)C1. The number of likely N-dealkylation sites (tertiary alicyclic amines) is 1. The molecule has 0 aliphatic carbocycles. The van der Waals surface area contributed by atoms with E-state index in [2.05, 4.69) is 5.16 Å². The minimum atomic E-state index is -0.599. The minimum Gasteiger partial charge on any atom is -0.496 e. The lowest BCUT2D eigenvalue weighted by molar-refractivity contribution is 0.0761. The number of benzene rings is 1. The summed E-state index contributed by atoms with van der Waals surface area (Å²) in [6.45, 7) is 2.58. The van der Waals surface area contributed by atoms with Gasteiger partial charge in [-0.15, -0.1) is 0 Å². The predicted molar refractivity (Wildman–Crippen MR) is 88.3 cm³/mol. The molecule has 1 amide bonds. The molecule has 1 aromatic heterocycles. The fraction of sp³-hybridized carbons (Fsp3) is 0.412. The Morgan fingerprint density at radius 3 is 2.92 bits per heavy atom. The van der Waals surface area contributed by atoms with Crippen molar-refractivity contribution in [1.82, 2.24) is 10.1 Å². The van der Waals surface area contributed by atoms with Gasteiger partial charge in [-0.25, -0.2) is 0 Å². The number of hydrogen-bond donors (Lipinski definition) is 1. The van der Waals surface area contributed by atoms with E-state index in [-0.39, 0.29) is 18.4 Å². The first kappa shape index (κ1) is 16.8. The molecule has 2 heterocycles. The molecule has 0 bridgehead atoms. The van der Waals surface area contributed by atoms with Crippen molar-refractivity contribution in [2.75, 3.05) is 20.2 Å². The average molecular weight is 351 g/mol. The van der Waals surface area contributed by atoms with E-state index in [1.165, 1.54) is 7.11 Å². The number of aromatic nitrogens is 1. The van der Waals surface area contributed by atoms with Crippen LogP contribution >= 0.6 is 11.6 Å². The van der Waals surface area contributed by atoms with Crippen LogP contribution < -0.4 is 4.74 Å². The highest BCUT2D eigenvalue weighted by atomic mass is 35.5. The smallest absolute Gasteiger partial charge is 0.257 e. The van der Waals surface area contributed by atoms with Gasteiger partial charge in [-0.2, -0.15) is 0 Å². The van der Waals surface area contributed by atoms with E-state index in [4.69, 9.17) is 20.9 Å². The quantitative estimate of drug-likeness (QED) is 0.915. The van der Waals surface area contributed by atoms with Gasteiger partial charge in [-0.05, 0) is 25.1 Å². The van der Waals surface area contributed by atoms with Gasteiger partial charge in [0, 0.05) is 36.5 Å². The van der Waals surface area contributed by atoms with Gasteiger partial charge >= 0.3 is 0 Å². The summed E-state index contributed by atoms with van der Waals surface area (Å²) < 4.78 is 10.4. The zero-order valence-corrected chi connectivity index (χ0v) is 14.3. The zero-order valence-electron chi connectivity index (χ0n) is 13.5. The topological polar surface area (TPSA) is 75.8 Å². The Kier molecular flexibility index (Phi) is 4.78. The summed E-state index contributed by atoms with van der Waals surface area (Å²) >= 11 is 5.94. The van der Waals surface area contributed by atoms with Gasteiger partial charge in [0.25, 0.3) is 5.91 Å². The predicted octanol–water partition coefficient (Wildman–Crippen LogP) is 2.32. The molecule has 3 rings (SSSR count). The van der Waals surface area contributed by atoms with E-state index in [1.54, 1.807) is 23.1 Å². The molecule has 1 fully saturated rings. The molecule has 1 aliphatic rings. The summed E-state index contributed by atoms with van der Waals surface area (Å²) in [5, 5.41) is 14.6. The van der Waals surface area contributed by atoms with Crippen molar-refractivity contribution >= 4 is 17.5 Å². The standard InChI is InChI=1S/C17H19ClN2O4/c1-10-5-13(24-19-10)6-11-8-20(9-15(11)21)17(22)14-4-3-12(18)7-16(14)23-2/h3-5,7,11,15,21H,6,8-9H2,1-2H3/t11-,15+/m1/s1. The number of carbonyl (C=O) groups excluding carboxylic acids is 1. The molecule has 7 heteroatoms. The number of aryl methyl sites for hydroxylation is 1. The van der Waals surface area contributed by atoms with E-state index in [0.29, 0.717) is 29.3 Å². The van der Waals surface area contributed by atoms with Gasteiger partial charge in [0.05, 0.1) is 24.5 Å². The number of amides is 1. The zero-order chi connectivity index (χ0) is 17.3. The van der Waals surface area contributed by atoms with Crippen molar-refractivity contribution in [1.29, 1.82) is 0 Å². The molecule has 1 aromatic carbocycles. The number of aliphatic hydroxyl groups is 1. The number of aliphatic hydroxyl groups excluding tert-OH is 1. The first-order chi connectivity index (χ1) is 11.5. The summed E-state index contributed by atoms with van der Waals surface area (Å²) in [6, 6.07) is 6.75. The summed E-state index contributed by atoms with van der Waals surface area (Å²) in [5.74, 6) is 0.879. The van der Waals surface area contributed by atoms with E-state index in [9.17, 15) is 9.90 Å². The third kappa shape index (κ3) is 3.39. The van der Waals surface area contributed by atoms with Crippen molar-refractivity contribution in [2.45, 2.75) is 19.4 Å². The van der Waals surface area contributed by atoms with Crippen LogP contribution in [0.2, 0.25) is 5.02 Å². The number of hydrogen-bond acceptors (Lipinski definition) is 5. The molecule has 1 saturated heterocycles. The highest BCUT2D eigenvalue weighted by Crippen LogP contribution is 2.28. The Hall–Kier alpha value is -2.05. The molecule has 2 atom stereocenters. The Morgan fingerprint density at radius 2 is 2.25 bits per heavy atom. The fourth-order valence-corrected chi connectivity index (χ4v) is 3.17. The normalized spacial score (nSPS) is 20.4. The van der Waals surface area contributed by atoms with Gasteiger partial charge in [0.15, 0.2) is 0 Å². The minimum absolute atomic E-state index is 0.0837. The monoisotopic (exact) mass is 350 g/mol. The molecule has 0 unspecified atom stereocenters. The van der Waals surface area contributed by atoms with Crippen molar-refractivity contribution in [2.24, 2.45) is 5.92 Å². The third-order valence-electron chi connectivity index (χ3n) is 4.23. The first-order valence-corrected chi connectivity index (χ1v) is 8.09. The molecule has 1 aliphatic heterocycles. The van der Waals surface area contributed by atoms with Crippen LogP contribution in [0, 0.1) is 12.8 Å². The molecular weight excluding hydrogens is 332 g/mol. The highest BCUT2D eigenvalue weighted by molar-refractivity contribution is 6.30. The van der Waals surface area contributed by atoms with Gasteiger partial charge in [0.2, 0.25) is 0 Å². The van der Waals surface area contributed by atoms with Crippen LogP contribution in [0.25, 0.3) is 0 Å². The van der Waals surface area contributed by atoms with Gasteiger partial charge in [0.1, 0.15) is 11.5 Å². The van der Waals surface area contributed by atoms with Crippen LogP contribution in [0.3, 0.4) is 0 Å². The van der Waals surface area contributed by atoms with Crippen molar-refractivity contribution in [3.8, 4) is 5.75 Å². The number of halogens is 1. The molecule has 128 valence electrons. The van der Waals surface area contributed by atoms with E-state index in [1.807, 2.05) is 13.0 Å². The second kappa shape index (κ2) is 6.83. The lowest BCUT2D eigenvalue weighted by atomic mass is 10.0. The number of β-amino-alcohol motifs (C(OH)–C–C–N with tert-alkyl or cyclic N) is 1. The molecule has 0 saturated carbocycles. The molecular formula is C17H19ClN2O4. The largest absolute Gasteiger partial charge is 0.496 e. The van der Waals surface area contributed by atoms with Crippen LogP contribution in [0.1, 0.15) is 21.8 Å². The highest BCUT2D eigenvalue weighted by Gasteiger charge is 2.35. The number of nitrogens with zero attached hydrogens (tertiary/aromatic N) is 2. The molecule has 0 spiro atoms. The number of carbonyl (C=O) groups is 1. The Morgan fingerprint density at radius 1 is 1.46 bits per heavy atom. The van der Waals surface area contributed by atoms with E-state index < -0.39 is 6.10 Å². The second-order valence-corrected chi connectivity index (χ2v) is 6.46. The number of rotatable bonds is 4. The maximum Gasteiger partial charge on any atom is 0.257 e. The first-order valence-electron chi connectivity index (χ1n) is 7.71. The maximum absolute atomic E-state index is 12.7. The Bertz CT molecular complexity index is 746. The Labute approximate surface area is 144 Å². The van der Waals surface area contributed by atoms with Crippen molar-refractivity contribution in [3.63, 3.8) is 0 Å². The summed E-state index contributed by atoms with van der Waals surface area (Å²) in [6.07, 6.45) is -0.0542. The Balaban J connectivity index is 1.73. The lowest BCUT2D eigenvalue weighted by Crippen LogP contribution is -2.30. The van der Waals surface area contributed by atoms with Crippen molar-refractivity contribution < 1.29 is 19.2 Å². The molecule has 6 nitrogen and oxygen atoms in total. The fourth-order valence-electron chi connectivity index (χ4n) is 3.00. The van der Waals surface area contributed by atoms with Crippen LogP contribution in [0.4, 0.5) is 0 Å². The third-order valence-corrected chi connectivity index (χ3v) is 4.46. The second-order valence-electron chi connectivity index (χ2n) is 6.02. The van der Waals surface area contributed by atoms with Crippen LogP contribution in [-0.4, -0.2) is 47.4 Å². The number of methoxy groups -OCH3 is 1. The summed E-state index contributed by atoms with van der Waals surface area (Å²) in [5.41, 5.74) is 1.24. The molecule has 2 aromatic rings. The molecule has 0 radical (unpaired) electrons. The van der Waals surface area contributed by atoms with Crippen LogP contribution in [0.5, 0.6) is 5.75 Å². The van der Waals surface area contributed by atoms with Crippen LogP contribution in [0.15, 0.2) is 28.8 Å². The summed E-state index contributed by atoms with van der Waals surface area (Å²) in [4.78, 5) is 14.4. The average Bonchev–Trinajstić information content (AvgIpc) is 3.13.